The number of anilines is 2. The molecule has 45 heavy (non-hydrogen) atoms. The van der Waals surface area contributed by atoms with E-state index in [4.69, 9.17) is 23.2 Å². The van der Waals surface area contributed by atoms with Gasteiger partial charge in [0.25, 0.3) is 17.5 Å². The molecule has 2 saturated heterocycles. The molecule has 3 aromatic carbocycles. The third-order valence-corrected chi connectivity index (χ3v) is 10.8. The van der Waals surface area contributed by atoms with Crippen molar-refractivity contribution in [1.82, 2.24) is 0 Å². The molecule has 2 heterocycles. The number of aromatic hydroxyl groups is 1. The van der Waals surface area contributed by atoms with Crippen LogP contribution < -0.4 is 9.80 Å². The molecule has 0 radical (unpaired) electrons. The van der Waals surface area contributed by atoms with Crippen molar-refractivity contribution in [3.63, 3.8) is 0 Å². The first-order chi connectivity index (χ1) is 21.4. The number of nitrogens with zero attached hydrogens (tertiary/aromatic N) is 3. The lowest BCUT2D eigenvalue weighted by Crippen LogP contribution is -2.60. The number of nitro groups is 1. The molecule has 0 unspecified atom stereocenters. The fourth-order valence-electron chi connectivity index (χ4n) is 7.44. The van der Waals surface area contributed by atoms with Crippen molar-refractivity contribution < 1.29 is 33.6 Å². The molecular formula is C32H22Cl2FN3O7. The molecule has 10 nitrogen and oxygen atoms in total. The molecule has 2 aliphatic heterocycles. The number of phenols is 1. The van der Waals surface area contributed by atoms with Crippen molar-refractivity contribution >= 4 is 63.9 Å². The SMILES string of the molecule is O=C1[C@H]2[C@H](CC=C3[C@H]2C[C@@]2(Cl)C(=O)N(c4ccc(F)cc4)C(=O)[C@@]2(Cl)[C@H]3c2ccc(O)cc2)C(=O)N1c1cccc([N+](=O)[O-])c1. The second-order valence-corrected chi connectivity index (χ2v) is 12.9. The van der Waals surface area contributed by atoms with Gasteiger partial charge in [0.15, 0.2) is 9.75 Å². The number of hydrogen-bond acceptors (Lipinski definition) is 7. The Morgan fingerprint density at radius 3 is 2.22 bits per heavy atom. The molecule has 0 aromatic heterocycles. The van der Waals surface area contributed by atoms with Crippen molar-refractivity contribution in [2.24, 2.45) is 17.8 Å². The van der Waals surface area contributed by atoms with Gasteiger partial charge in [-0.3, -0.25) is 29.3 Å². The van der Waals surface area contributed by atoms with Gasteiger partial charge in [-0.05, 0) is 66.8 Å². The first-order valence-corrected chi connectivity index (χ1v) is 14.8. The van der Waals surface area contributed by atoms with Crippen molar-refractivity contribution in [3.8, 4) is 5.75 Å². The van der Waals surface area contributed by atoms with Gasteiger partial charge in [0.05, 0.1) is 28.1 Å². The average Bonchev–Trinajstić information content (AvgIpc) is 3.36. The smallest absolute Gasteiger partial charge is 0.271 e. The summed E-state index contributed by atoms with van der Waals surface area (Å²) in [6.07, 6.45) is 1.58. The van der Waals surface area contributed by atoms with E-state index < -0.39 is 67.8 Å². The van der Waals surface area contributed by atoms with Crippen LogP contribution in [-0.4, -0.2) is 43.4 Å². The Labute approximate surface area is 264 Å². The van der Waals surface area contributed by atoms with Crippen LogP contribution in [0, 0.1) is 33.7 Å². The van der Waals surface area contributed by atoms with E-state index in [0.29, 0.717) is 11.1 Å². The molecule has 1 N–H and O–H groups in total. The predicted octanol–water partition coefficient (Wildman–Crippen LogP) is 5.21. The highest BCUT2D eigenvalue weighted by Crippen LogP contribution is 2.66. The molecule has 4 amide bonds. The molecular weight excluding hydrogens is 628 g/mol. The van der Waals surface area contributed by atoms with E-state index in [1.807, 2.05) is 0 Å². The van der Waals surface area contributed by atoms with Gasteiger partial charge in [0, 0.05) is 18.1 Å². The molecule has 2 aliphatic carbocycles. The first kappa shape index (κ1) is 29.1. The van der Waals surface area contributed by atoms with E-state index >= 15 is 0 Å². The highest BCUT2D eigenvalue weighted by Gasteiger charge is 2.76. The maximum atomic E-state index is 14.3. The van der Waals surface area contributed by atoms with Crippen LogP contribution in [0.5, 0.6) is 5.75 Å². The summed E-state index contributed by atoms with van der Waals surface area (Å²) < 4.78 is 13.8. The van der Waals surface area contributed by atoms with E-state index in [0.717, 1.165) is 28.0 Å². The fourth-order valence-corrected chi connectivity index (χ4v) is 8.37. The van der Waals surface area contributed by atoms with Gasteiger partial charge in [0.2, 0.25) is 11.8 Å². The molecule has 228 valence electrons. The number of phenolic OH excluding ortho intramolecular Hbond substituents is 1. The highest BCUT2D eigenvalue weighted by molar-refractivity contribution is 6.58. The molecule has 3 fully saturated rings. The molecule has 6 atom stereocenters. The maximum Gasteiger partial charge on any atom is 0.271 e. The van der Waals surface area contributed by atoms with E-state index in [2.05, 4.69) is 0 Å². The Balaban J connectivity index is 1.37. The van der Waals surface area contributed by atoms with Gasteiger partial charge in [-0.15, -0.1) is 23.2 Å². The minimum Gasteiger partial charge on any atom is -0.508 e. The summed E-state index contributed by atoms with van der Waals surface area (Å²) in [5.41, 5.74) is 0.787. The standard InChI is InChI=1S/C32H22Cl2FN3O7/c33-31-15-24-22(12-13-23-25(24)28(41)36(27(23)40)19-2-1-3-20(14-19)38(44)45)26(16-4-10-21(39)11-5-16)32(31,34)30(43)37(29(31)42)18-8-6-17(35)7-9-18/h1-12,14,23-26,39H,13,15H2/t23-,24+,25-,26-,31+,32-/m0/s1. The zero-order valence-electron chi connectivity index (χ0n) is 23.1. The second kappa shape index (κ2) is 9.95. The summed E-state index contributed by atoms with van der Waals surface area (Å²) in [5, 5.41) is 21.4. The van der Waals surface area contributed by atoms with Crippen LogP contribution >= 0.6 is 23.2 Å². The lowest BCUT2D eigenvalue weighted by Gasteiger charge is -2.50. The minimum absolute atomic E-state index is 0.0444. The van der Waals surface area contributed by atoms with Gasteiger partial charge in [0.1, 0.15) is 11.6 Å². The second-order valence-electron chi connectivity index (χ2n) is 11.6. The summed E-state index contributed by atoms with van der Waals surface area (Å²) in [7, 11) is 0. The Kier molecular flexibility index (Phi) is 6.44. The largest absolute Gasteiger partial charge is 0.508 e. The summed E-state index contributed by atoms with van der Waals surface area (Å²) in [6.45, 7) is 0. The molecule has 7 rings (SSSR count). The lowest BCUT2D eigenvalue weighted by molar-refractivity contribution is -0.384. The van der Waals surface area contributed by atoms with Crippen molar-refractivity contribution in [3.05, 3.63) is 106 Å². The Hall–Kier alpha value is -4.61. The summed E-state index contributed by atoms with van der Waals surface area (Å²) >= 11 is 14.6. The summed E-state index contributed by atoms with van der Waals surface area (Å²) in [6, 6.07) is 15.8. The fraction of sp³-hybridized carbons (Fsp3) is 0.250. The quantitative estimate of drug-likeness (QED) is 0.135. The molecule has 13 heteroatoms. The van der Waals surface area contributed by atoms with Crippen LogP contribution in [-0.2, 0) is 19.2 Å². The number of non-ortho nitro benzene ring substituents is 1. The van der Waals surface area contributed by atoms with E-state index in [-0.39, 0.29) is 35.7 Å². The van der Waals surface area contributed by atoms with Gasteiger partial charge < -0.3 is 5.11 Å². The number of carbonyl (C=O) groups excluding carboxylic acids is 4. The lowest BCUT2D eigenvalue weighted by atomic mass is 9.56. The van der Waals surface area contributed by atoms with Crippen LogP contribution in [0.25, 0.3) is 0 Å². The number of hydrogen-bond donors (Lipinski definition) is 1. The third-order valence-electron chi connectivity index (χ3n) is 9.42. The van der Waals surface area contributed by atoms with Crippen molar-refractivity contribution in [2.45, 2.75) is 28.5 Å². The van der Waals surface area contributed by atoms with Crippen LogP contribution in [0.3, 0.4) is 0 Å². The minimum atomic E-state index is -2.10. The number of allylic oxidation sites excluding steroid dienone is 2. The van der Waals surface area contributed by atoms with Crippen LogP contribution in [0.15, 0.2) is 84.4 Å². The Morgan fingerprint density at radius 2 is 1.56 bits per heavy atom. The summed E-state index contributed by atoms with van der Waals surface area (Å²) in [5.74, 6) is -7.23. The molecule has 0 spiro atoms. The van der Waals surface area contributed by atoms with Gasteiger partial charge in [-0.1, -0.05) is 29.8 Å². The predicted molar refractivity (Wildman–Crippen MR) is 160 cm³/mol. The number of imide groups is 2. The Morgan fingerprint density at radius 1 is 0.867 bits per heavy atom. The average molecular weight is 650 g/mol. The third kappa shape index (κ3) is 3.93. The molecule has 4 aliphatic rings. The van der Waals surface area contributed by atoms with E-state index in [9.17, 15) is 38.8 Å². The number of carbonyl (C=O) groups is 4. The number of rotatable bonds is 4. The van der Waals surface area contributed by atoms with E-state index in [1.165, 1.54) is 42.5 Å². The first-order valence-electron chi connectivity index (χ1n) is 14.0. The number of amides is 4. The number of fused-ring (bicyclic) bond motifs is 4. The zero-order valence-corrected chi connectivity index (χ0v) is 24.6. The summed E-state index contributed by atoms with van der Waals surface area (Å²) in [4.78, 5) is 64.7. The van der Waals surface area contributed by atoms with Gasteiger partial charge in [-0.25, -0.2) is 14.2 Å². The number of halogens is 3. The number of benzene rings is 3. The van der Waals surface area contributed by atoms with Crippen molar-refractivity contribution in [1.29, 1.82) is 0 Å². The Bertz CT molecular complexity index is 1870. The van der Waals surface area contributed by atoms with Crippen LogP contribution in [0.4, 0.5) is 21.5 Å². The van der Waals surface area contributed by atoms with E-state index in [1.54, 1.807) is 18.2 Å². The highest BCUT2D eigenvalue weighted by atomic mass is 35.5. The monoisotopic (exact) mass is 649 g/mol. The van der Waals surface area contributed by atoms with Crippen LogP contribution in [0.1, 0.15) is 24.3 Å². The molecule has 0 bridgehead atoms. The van der Waals surface area contributed by atoms with Gasteiger partial charge >= 0.3 is 0 Å². The normalized spacial score (nSPS) is 30.6. The molecule has 1 saturated carbocycles. The van der Waals surface area contributed by atoms with Crippen LogP contribution in [0.2, 0.25) is 0 Å². The topological polar surface area (TPSA) is 138 Å². The number of nitro benzene ring substituents is 1. The van der Waals surface area contributed by atoms with Crippen molar-refractivity contribution in [2.75, 3.05) is 9.80 Å². The zero-order chi connectivity index (χ0) is 32.0. The maximum absolute atomic E-state index is 14.3. The molecule has 3 aromatic rings. The van der Waals surface area contributed by atoms with Gasteiger partial charge in [-0.2, -0.15) is 0 Å². The number of alkyl halides is 2.